The largest absolute Gasteiger partial charge is 0.453 e. The third kappa shape index (κ3) is 8.36. The topological polar surface area (TPSA) is 175 Å². The molecule has 2 saturated heterocycles. The molecule has 0 aliphatic carbocycles. The number of methoxy groups -OCH3 is 2. The minimum atomic E-state index is -0.903. The lowest BCUT2D eigenvalue weighted by molar-refractivity contribution is -0.138. The van der Waals surface area contributed by atoms with Gasteiger partial charge in [0.15, 0.2) is 0 Å². The molecule has 4 heterocycles. The third-order valence-electron chi connectivity index (χ3n) is 11.9. The van der Waals surface area contributed by atoms with E-state index in [1.165, 1.54) is 14.2 Å². The molecule has 0 bridgehead atoms. The van der Waals surface area contributed by atoms with Gasteiger partial charge >= 0.3 is 12.2 Å². The first kappa shape index (κ1) is 42.1. The molecule has 14 nitrogen and oxygen atoms in total. The zero-order valence-corrected chi connectivity index (χ0v) is 36.1. The molecule has 15 heteroatoms. The summed E-state index contributed by atoms with van der Waals surface area (Å²) in [6.07, 6.45) is 3.82. The lowest BCUT2D eigenvalue weighted by Gasteiger charge is -2.36. The predicted molar refractivity (Wildman–Crippen MR) is 239 cm³/mol. The lowest BCUT2D eigenvalue weighted by Crippen LogP contribution is -2.51. The van der Waals surface area contributed by atoms with Crippen molar-refractivity contribution < 1.29 is 28.7 Å². The Hall–Kier alpha value is -6.61. The zero-order valence-electron chi connectivity index (χ0n) is 35.3. The van der Waals surface area contributed by atoms with Crippen LogP contribution in [0.2, 0.25) is 0 Å². The van der Waals surface area contributed by atoms with Crippen LogP contribution in [0.15, 0.2) is 103 Å². The van der Waals surface area contributed by atoms with Gasteiger partial charge in [-0.2, -0.15) is 0 Å². The minimum Gasteiger partial charge on any atom is -0.453 e. The Labute approximate surface area is 364 Å². The van der Waals surface area contributed by atoms with Gasteiger partial charge in [-0.1, -0.05) is 92.7 Å². The molecular formula is C47H50N8O6S. The summed E-state index contributed by atoms with van der Waals surface area (Å²) in [6, 6.07) is 28.6. The molecule has 2 aliphatic heterocycles. The number of rotatable bonds is 11. The number of benzene rings is 4. The Bertz CT molecular complexity index is 2590. The van der Waals surface area contributed by atoms with Crippen molar-refractivity contribution in [2.75, 3.05) is 33.1 Å². The first-order valence-electron chi connectivity index (χ1n) is 20.7. The van der Waals surface area contributed by atoms with Crippen molar-refractivity contribution in [3.05, 3.63) is 121 Å². The molecule has 4 amide bonds. The number of imidazole rings is 2. The molecule has 4 aromatic carbocycles. The summed E-state index contributed by atoms with van der Waals surface area (Å²) in [5.41, 5.74) is 5.75. The van der Waals surface area contributed by atoms with Crippen molar-refractivity contribution in [1.82, 2.24) is 40.4 Å². The molecule has 0 radical (unpaired) electrons. The standard InChI is InChI=1S/C47H50N8O6S/c1-28(2)38(52-45(58)60-4)41(56)54-22-23-62-43(54)40-48-26-36(50-40)30-14-12-29(13-15-30)32-16-17-34-25-35(19-18-33(34)24-32)37-27-49-44(51-37)47(3)20-9-21-55(47)42(57)39(53-46(59)61-5)31-10-7-6-8-11-31/h6-8,10-19,24-28,38-39,43H,9,20-23H2,1-5H3,(H,48,50)(H,49,51)(H,52,58)(H,53,59)/t38-,39+,43-,47-/m0/s1. The Kier molecular flexibility index (Phi) is 12.1. The Morgan fingerprint density at radius 1 is 0.758 bits per heavy atom. The Balaban J connectivity index is 0.957. The number of hydrogen-bond acceptors (Lipinski definition) is 9. The number of carbonyl (C=O) groups excluding carboxylic acids is 4. The molecule has 2 aliphatic rings. The second-order valence-electron chi connectivity index (χ2n) is 16.1. The number of thioether (sulfide) groups is 1. The van der Waals surface area contributed by atoms with Crippen LogP contribution in [0.4, 0.5) is 9.59 Å². The van der Waals surface area contributed by atoms with Crippen LogP contribution in [0, 0.1) is 5.92 Å². The maximum Gasteiger partial charge on any atom is 0.407 e. The highest BCUT2D eigenvalue weighted by Gasteiger charge is 2.46. The van der Waals surface area contributed by atoms with Crippen molar-refractivity contribution in [3.8, 4) is 33.6 Å². The number of amides is 4. The van der Waals surface area contributed by atoms with E-state index in [-0.39, 0.29) is 23.1 Å². The van der Waals surface area contributed by atoms with E-state index in [1.54, 1.807) is 22.9 Å². The molecule has 4 N–H and O–H groups in total. The highest BCUT2D eigenvalue weighted by Crippen LogP contribution is 2.41. The molecule has 4 atom stereocenters. The maximum atomic E-state index is 14.1. The van der Waals surface area contributed by atoms with Crippen molar-refractivity contribution in [2.45, 2.75) is 56.6 Å². The second kappa shape index (κ2) is 17.8. The highest BCUT2D eigenvalue weighted by atomic mass is 32.2. The first-order chi connectivity index (χ1) is 30.0. The van der Waals surface area contributed by atoms with Crippen molar-refractivity contribution >= 4 is 46.5 Å². The number of H-pyrrole nitrogens is 2. The number of carbonyl (C=O) groups is 4. The van der Waals surface area contributed by atoms with E-state index in [4.69, 9.17) is 14.5 Å². The van der Waals surface area contributed by atoms with Gasteiger partial charge in [-0.25, -0.2) is 19.6 Å². The number of alkyl carbamates (subject to hydrolysis) is 2. The van der Waals surface area contributed by atoms with Gasteiger partial charge in [0.2, 0.25) is 5.91 Å². The summed E-state index contributed by atoms with van der Waals surface area (Å²) >= 11 is 1.64. The normalized spacial score (nSPS) is 18.5. The van der Waals surface area contributed by atoms with E-state index in [9.17, 15) is 19.2 Å². The molecular weight excluding hydrogens is 805 g/mol. The number of hydrogen-bond donors (Lipinski definition) is 4. The van der Waals surface area contributed by atoms with E-state index in [0.717, 1.165) is 56.6 Å². The average Bonchev–Trinajstić information content (AvgIpc) is 4.14. The van der Waals surface area contributed by atoms with E-state index in [0.29, 0.717) is 36.7 Å². The number of nitrogens with zero attached hydrogens (tertiary/aromatic N) is 4. The first-order valence-corrected chi connectivity index (χ1v) is 21.7. The molecule has 62 heavy (non-hydrogen) atoms. The molecule has 0 unspecified atom stereocenters. The van der Waals surface area contributed by atoms with Gasteiger partial charge in [-0.15, -0.1) is 11.8 Å². The molecule has 0 spiro atoms. The van der Waals surface area contributed by atoms with Gasteiger partial charge in [0.1, 0.15) is 29.1 Å². The number of fused-ring (bicyclic) bond motifs is 1. The second-order valence-corrected chi connectivity index (χ2v) is 17.3. The van der Waals surface area contributed by atoms with Crippen LogP contribution in [0.3, 0.4) is 0 Å². The monoisotopic (exact) mass is 854 g/mol. The number of nitrogens with one attached hydrogen (secondary N) is 4. The smallest absolute Gasteiger partial charge is 0.407 e. The zero-order chi connectivity index (χ0) is 43.5. The quantitative estimate of drug-likeness (QED) is 0.100. The van der Waals surface area contributed by atoms with E-state index >= 15 is 0 Å². The third-order valence-corrected chi connectivity index (χ3v) is 13.1. The average molecular weight is 855 g/mol. The van der Waals surface area contributed by atoms with Gasteiger partial charge in [0.25, 0.3) is 5.91 Å². The highest BCUT2D eigenvalue weighted by molar-refractivity contribution is 7.99. The molecule has 320 valence electrons. The molecule has 2 aromatic heterocycles. The predicted octanol–water partition coefficient (Wildman–Crippen LogP) is 8.18. The van der Waals surface area contributed by atoms with Gasteiger partial charge in [-0.05, 0) is 70.8 Å². The maximum absolute atomic E-state index is 14.1. The molecule has 8 rings (SSSR count). The SMILES string of the molecule is COC(=O)N[C@H](C(=O)N1CCS[C@H]1c1ncc(-c2ccc(-c3ccc4cc(-c5cnc([C@]6(C)CCCN6C(=O)[C@H](NC(=O)OC)c6ccccc6)[nH]5)ccc4c3)cc2)[nH]1)C(C)C. The number of ether oxygens (including phenoxy) is 2. The van der Waals surface area contributed by atoms with Crippen LogP contribution in [0.1, 0.15) is 62.2 Å². The number of likely N-dealkylation sites (tertiary alicyclic amines) is 1. The van der Waals surface area contributed by atoms with E-state index < -0.39 is 29.8 Å². The summed E-state index contributed by atoms with van der Waals surface area (Å²) in [4.78, 5) is 72.1. The summed E-state index contributed by atoms with van der Waals surface area (Å²) in [7, 11) is 2.57. The summed E-state index contributed by atoms with van der Waals surface area (Å²) in [5, 5.41) is 7.30. The Morgan fingerprint density at radius 3 is 2.10 bits per heavy atom. The van der Waals surface area contributed by atoms with Crippen LogP contribution in [0.5, 0.6) is 0 Å². The van der Waals surface area contributed by atoms with Crippen LogP contribution in [-0.2, 0) is 24.6 Å². The summed E-state index contributed by atoms with van der Waals surface area (Å²) < 4.78 is 9.63. The molecule has 0 saturated carbocycles. The van der Waals surface area contributed by atoms with E-state index in [1.807, 2.05) is 62.2 Å². The van der Waals surface area contributed by atoms with Gasteiger partial charge in [0.05, 0.1) is 43.5 Å². The number of aromatic amines is 2. The fraction of sp³-hybridized carbons (Fsp3) is 0.319. The van der Waals surface area contributed by atoms with Crippen LogP contribution in [-0.4, -0.2) is 92.8 Å². The Morgan fingerprint density at radius 2 is 1.39 bits per heavy atom. The lowest BCUT2D eigenvalue weighted by atomic mass is 9.96. The van der Waals surface area contributed by atoms with Gasteiger partial charge < -0.3 is 39.9 Å². The van der Waals surface area contributed by atoms with Crippen LogP contribution < -0.4 is 10.6 Å². The number of aromatic nitrogens is 4. The molecule has 2 fully saturated rings. The van der Waals surface area contributed by atoms with Crippen molar-refractivity contribution in [2.24, 2.45) is 5.92 Å². The fourth-order valence-corrected chi connectivity index (χ4v) is 9.61. The van der Waals surface area contributed by atoms with E-state index in [2.05, 4.69) is 86.2 Å². The van der Waals surface area contributed by atoms with Crippen LogP contribution >= 0.6 is 11.8 Å². The van der Waals surface area contributed by atoms with Gasteiger partial charge in [0, 0.05) is 24.4 Å². The fourth-order valence-electron chi connectivity index (χ4n) is 8.41. The minimum absolute atomic E-state index is 0.117. The van der Waals surface area contributed by atoms with Crippen molar-refractivity contribution in [1.29, 1.82) is 0 Å². The summed E-state index contributed by atoms with van der Waals surface area (Å²) in [5.74, 6) is 1.64. The summed E-state index contributed by atoms with van der Waals surface area (Å²) in [6.45, 7) is 6.90. The molecule has 6 aromatic rings. The van der Waals surface area contributed by atoms with Crippen LogP contribution in [0.25, 0.3) is 44.4 Å². The van der Waals surface area contributed by atoms with Crippen molar-refractivity contribution in [3.63, 3.8) is 0 Å². The van der Waals surface area contributed by atoms with Gasteiger partial charge in [-0.3, -0.25) is 9.59 Å².